The van der Waals surface area contributed by atoms with Crippen LogP contribution in [0.15, 0.2) is 30.3 Å². The molecule has 5 nitrogen and oxygen atoms in total. The van der Waals surface area contributed by atoms with Crippen molar-refractivity contribution in [1.29, 1.82) is 0 Å². The molecule has 0 aliphatic carbocycles. The summed E-state index contributed by atoms with van der Waals surface area (Å²) in [4.78, 5) is 34.7. The molecule has 0 aliphatic heterocycles. The number of carbonyl (C=O) groups is 3. The number of unbranched alkanes of at least 4 members (excludes halogenated alkanes) is 3. The standard InChI is InChI=1S/C19H25F3N2O3/c1-23-18(27)15(13-14-9-5-4-6-10-14)24-17(26)12-8-3-2-7-11-16(25)19(20,21)22/h4-6,9-10,15H,2-3,7-8,11-13H2,1H3,(H,23,27)(H,24,26)/t15-/m0/s1. The molecule has 1 aromatic carbocycles. The lowest BCUT2D eigenvalue weighted by Crippen LogP contribution is -2.47. The van der Waals surface area contributed by atoms with Crippen molar-refractivity contribution in [2.24, 2.45) is 0 Å². The molecule has 27 heavy (non-hydrogen) atoms. The first-order valence-electron chi connectivity index (χ1n) is 8.89. The number of rotatable bonds is 11. The van der Waals surface area contributed by atoms with Crippen molar-refractivity contribution in [3.05, 3.63) is 35.9 Å². The Morgan fingerprint density at radius 1 is 0.963 bits per heavy atom. The van der Waals surface area contributed by atoms with Gasteiger partial charge in [0.15, 0.2) is 0 Å². The Kier molecular flexibility index (Phi) is 9.53. The molecule has 0 saturated carbocycles. The molecule has 1 aromatic rings. The van der Waals surface area contributed by atoms with E-state index in [4.69, 9.17) is 0 Å². The maximum Gasteiger partial charge on any atom is 0.449 e. The number of amides is 2. The summed E-state index contributed by atoms with van der Waals surface area (Å²) in [6, 6.07) is 8.60. The molecule has 1 atom stereocenters. The molecule has 0 aromatic heterocycles. The number of alkyl halides is 3. The van der Waals surface area contributed by atoms with Crippen LogP contribution in [0, 0.1) is 0 Å². The summed E-state index contributed by atoms with van der Waals surface area (Å²) in [6.45, 7) is 0. The van der Waals surface area contributed by atoms with Crippen LogP contribution in [0.4, 0.5) is 13.2 Å². The van der Waals surface area contributed by atoms with Crippen molar-refractivity contribution in [1.82, 2.24) is 10.6 Å². The number of hydrogen-bond donors (Lipinski definition) is 2. The lowest BCUT2D eigenvalue weighted by molar-refractivity contribution is -0.171. The zero-order valence-corrected chi connectivity index (χ0v) is 15.3. The van der Waals surface area contributed by atoms with E-state index in [1.165, 1.54) is 7.05 Å². The molecule has 2 amide bonds. The lowest BCUT2D eigenvalue weighted by atomic mass is 10.0. The number of ketones is 1. The highest BCUT2D eigenvalue weighted by Crippen LogP contribution is 2.19. The van der Waals surface area contributed by atoms with E-state index in [1.807, 2.05) is 30.3 Å². The van der Waals surface area contributed by atoms with Gasteiger partial charge in [-0.25, -0.2) is 0 Å². The Morgan fingerprint density at radius 3 is 2.11 bits per heavy atom. The normalized spacial score (nSPS) is 12.3. The van der Waals surface area contributed by atoms with Gasteiger partial charge in [-0.15, -0.1) is 0 Å². The Balaban J connectivity index is 2.31. The molecule has 0 radical (unpaired) electrons. The maximum absolute atomic E-state index is 12.1. The Labute approximate surface area is 156 Å². The highest BCUT2D eigenvalue weighted by atomic mass is 19.4. The number of halogens is 3. The van der Waals surface area contributed by atoms with Gasteiger partial charge in [-0.2, -0.15) is 13.2 Å². The van der Waals surface area contributed by atoms with Crippen molar-refractivity contribution < 1.29 is 27.6 Å². The van der Waals surface area contributed by atoms with Gasteiger partial charge in [0, 0.05) is 26.3 Å². The first kappa shape index (κ1) is 22.7. The molecule has 150 valence electrons. The van der Waals surface area contributed by atoms with Gasteiger partial charge in [-0.05, 0) is 18.4 Å². The van der Waals surface area contributed by atoms with E-state index < -0.39 is 24.4 Å². The van der Waals surface area contributed by atoms with Gasteiger partial charge in [0.25, 0.3) is 0 Å². The van der Waals surface area contributed by atoms with Crippen LogP contribution in [0.3, 0.4) is 0 Å². The fourth-order valence-electron chi connectivity index (χ4n) is 2.57. The van der Waals surface area contributed by atoms with Crippen LogP contribution in [-0.2, 0) is 20.8 Å². The Bertz CT molecular complexity index is 618. The van der Waals surface area contributed by atoms with Gasteiger partial charge >= 0.3 is 6.18 Å². The Hall–Kier alpha value is -2.38. The first-order chi connectivity index (χ1) is 12.7. The van der Waals surface area contributed by atoms with E-state index in [9.17, 15) is 27.6 Å². The quantitative estimate of drug-likeness (QED) is 0.574. The van der Waals surface area contributed by atoms with Crippen molar-refractivity contribution in [2.75, 3.05) is 7.05 Å². The smallest absolute Gasteiger partial charge is 0.357 e. The fraction of sp³-hybridized carbons (Fsp3) is 0.526. The molecule has 0 unspecified atom stereocenters. The largest absolute Gasteiger partial charge is 0.449 e. The summed E-state index contributed by atoms with van der Waals surface area (Å²) in [6.07, 6.45) is -3.13. The average molecular weight is 386 g/mol. The number of carbonyl (C=O) groups excluding carboxylic acids is 3. The fourth-order valence-corrected chi connectivity index (χ4v) is 2.57. The zero-order chi connectivity index (χ0) is 20.3. The van der Waals surface area contributed by atoms with Crippen LogP contribution in [0.1, 0.15) is 44.1 Å². The molecule has 0 bridgehead atoms. The third-order valence-corrected chi connectivity index (χ3v) is 4.05. The molecule has 8 heteroatoms. The second-order valence-electron chi connectivity index (χ2n) is 6.26. The molecule has 0 aliphatic rings. The van der Waals surface area contributed by atoms with Crippen LogP contribution >= 0.6 is 0 Å². The molecule has 0 spiro atoms. The molecular weight excluding hydrogens is 361 g/mol. The second-order valence-corrected chi connectivity index (χ2v) is 6.26. The summed E-state index contributed by atoms with van der Waals surface area (Å²) in [7, 11) is 1.49. The number of benzene rings is 1. The van der Waals surface area contributed by atoms with Crippen LogP contribution in [0.2, 0.25) is 0 Å². The van der Waals surface area contributed by atoms with Crippen LogP contribution in [-0.4, -0.2) is 36.9 Å². The van der Waals surface area contributed by atoms with E-state index in [-0.39, 0.29) is 24.7 Å². The maximum atomic E-state index is 12.1. The number of hydrogen-bond acceptors (Lipinski definition) is 3. The van der Waals surface area contributed by atoms with Gasteiger partial charge in [-0.1, -0.05) is 43.2 Å². The number of nitrogens with one attached hydrogen (secondary N) is 2. The number of Topliss-reactive ketones (excluding diaryl/α,β-unsaturated/α-hetero) is 1. The van der Waals surface area contributed by atoms with Gasteiger partial charge < -0.3 is 10.6 Å². The topological polar surface area (TPSA) is 75.3 Å². The first-order valence-corrected chi connectivity index (χ1v) is 8.89. The summed E-state index contributed by atoms with van der Waals surface area (Å²) in [5.41, 5.74) is 0.917. The van der Waals surface area contributed by atoms with Gasteiger partial charge in [0.05, 0.1) is 0 Å². The highest BCUT2D eigenvalue weighted by molar-refractivity contribution is 5.87. The third kappa shape index (κ3) is 9.21. The van der Waals surface area contributed by atoms with Crippen molar-refractivity contribution in [2.45, 2.75) is 57.2 Å². The van der Waals surface area contributed by atoms with Crippen LogP contribution in [0.5, 0.6) is 0 Å². The third-order valence-electron chi connectivity index (χ3n) is 4.05. The van der Waals surface area contributed by atoms with Crippen LogP contribution in [0.25, 0.3) is 0 Å². The minimum absolute atomic E-state index is 0.148. The van der Waals surface area contributed by atoms with Crippen molar-refractivity contribution >= 4 is 17.6 Å². The molecule has 0 heterocycles. The minimum Gasteiger partial charge on any atom is -0.357 e. The molecule has 2 N–H and O–H groups in total. The van der Waals surface area contributed by atoms with E-state index >= 15 is 0 Å². The van der Waals surface area contributed by atoms with Crippen molar-refractivity contribution in [3.63, 3.8) is 0 Å². The van der Waals surface area contributed by atoms with Gasteiger partial charge in [0.1, 0.15) is 6.04 Å². The van der Waals surface area contributed by atoms with E-state index in [0.717, 1.165) is 5.56 Å². The minimum atomic E-state index is -4.77. The predicted octanol–water partition coefficient (Wildman–Crippen LogP) is 2.93. The monoisotopic (exact) mass is 386 g/mol. The molecule has 0 fully saturated rings. The molecular formula is C19H25F3N2O3. The lowest BCUT2D eigenvalue weighted by Gasteiger charge is -2.17. The van der Waals surface area contributed by atoms with Gasteiger partial charge in [-0.3, -0.25) is 14.4 Å². The highest BCUT2D eigenvalue weighted by Gasteiger charge is 2.37. The second kappa shape index (κ2) is 11.4. The summed E-state index contributed by atoms with van der Waals surface area (Å²) in [5.74, 6) is -2.29. The summed E-state index contributed by atoms with van der Waals surface area (Å²) in [5, 5.41) is 5.21. The number of likely N-dealkylation sites (N-methyl/N-ethyl adjacent to an activating group) is 1. The molecule has 0 saturated heterocycles. The zero-order valence-electron chi connectivity index (χ0n) is 15.3. The van der Waals surface area contributed by atoms with Gasteiger partial charge in [0.2, 0.25) is 17.6 Å². The van der Waals surface area contributed by atoms with E-state index in [1.54, 1.807) is 0 Å². The summed E-state index contributed by atoms with van der Waals surface area (Å²) < 4.78 is 36.2. The SMILES string of the molecule is CNC(=O)[C@H](Cc1ccccc1)NC(=O)CCCCCCC(=O)C(F)(F)F. The van der Waals surface area contributed by atoms with E-state index in [0.29, 0.717) is 25.7 Å². The molecule has 1 rings (SSSR count). The average Bonchev–Trinajstić information content (AvgIpc) is 2.63. The Morgan fingerprint density at radius 2 is 1.56 bits per heavy atom. The van der Waals surface area contributed by atoms with Crippen molar-refractivity contribution in [3.8, 4) is 0 Å². The van der Waals surface area contributed by atoms with E-state index in [2.05, 4.69) is 10.6 Å². The predicted molar refractivity (Wildman–Crippen MR) is 94.9 cm³/mol. The van der Waals surface area contributed by atoms with Crippen LogP contribution < -0.4 is 10.6 Å². The summed E-state index contributed by atoms with van der Waals surface area (Å²) >= 11 is 0.